The molecule has 2 aromatic rings. The Bertz CT molecular complexity index is 635. The molecule has 4 nitrogen and oxygen atoms in total. The fourth-order valence-electron chi connectivity index (χ4n) is 1.38. The lowest BCUT2D eigenvalue weighted by molar-refractivity contribution is 0.429. The van der Waals surface area contributed by atoms with Crippen molar-refractivity contribution < 1.29 is 9.13 Å². The number of halogens is 1. The highest BCUT2D eigenvalue weighted by Crippen LogP contribution is 2.29. The van der Waals surface area contributed by atoms with Gasteiger partial charge in [0, 0.05) is 6.20 Å². The van der Waals surface area contributed by atoms with Gasteiger partial charge in [0.05, 0.1) is 17.3 Å². The molecule has 0 saturated heterocycles. The lowest BCUT2D eigenvalue weighted by atomic mass is 10.2. The van der Waals surface area contributed by atoms with Crippen LogP contribution in [0.3, 0.4) is 0 Å². The van der Waals surface area contributed by atoms with E-state index in [-0.39, 0.29) is 17.2 Å². The predicted molar refractivity (Wildman–Crippen MR) is 64.6 cm³/mol. The summed E-state index contributed by atoms with van der Waals surface area (Å²) in [6.45, 7) is 1.80. The van der Waals surface area contributed by atoms with Crippen LogP contribution in [0.15, 0.2) is 30.5 Å². The minimum atomic E-state index is -0.628. The van der Waals surface area contributed by atoms with E-state index in [0.29, 0.717) is 5.69 Å². The van der Waals surface area contributed by atoms with Crippen molar-refractivity contribution in [1.29, 1.82) is 5.26 Å². The van der Waals surface area contributed by atoms with Gasteiger partial charge < -0.3 is 10.5 Å². The zero-order valence-electron chi connectivity index (χ0n) is 9.64. The number of rotatable bonds is 2. The molecule has 2 rings (SSSR count). The van der Waals surface area contributed by atoms with Gasteiger partial charge in [-0.05, 0) is 36.8 Å². The summed E-state index contributed by atoms with van der Waals surface area (Å²) in [7, 11) is 0. The standard InChI is InChI=1S/C13H10FN3O/c1-8-4-5-17-13(12(8)16)18-11-3-2-9(7-15)6-10(11)14/h2-6H,16H2,1H3. The van der Waals surface area contributed by atoms with Crippen LogP contribution in [0.25, 0.3) is 0 Å². The molecule has 0 atom stereocenters. The van der Waals surface area contributed by atoms with Crippen LogP contribution < -0.4 is 10.5 Å². The maximum atomic E-state index is 13.6. The van der Waals surface area contributed by atoms with Crippen LogP contribution >= 0.6 is 0 Å². The topological polar surface area (TPSA) is 71.9 Å². The van der Waals surface area contributed by atoms with Gasteiger partial charge in [0.25, 0.3) is 0 Å². The lowest BCUT2D eigenvalue weighted by Gasteiger charge is -2.09. The van der Waals surface area contributed by atoms with Gasteiger partial charge in [-0.3, -0.25) is 0 Å². The average Bonchev–Trinajstić information content (AvgIpc) is 2.37. The van der Waals surface area contributed by atoms with Crippen LogP contribution in [0.1, 0.15) is 11.1 Å². The van der Waals surface area contributed by atoms with Crippen molar-refractivity contribution in [3.05, 3.63) is 47.4 Å². The molecule has 0 aliphatic heterocycles. The van der Waals surface area contributed by atoms with Gasteiger partial charge in [0.1, 0.15) is 0 Å². The first-order chi connectivity index (χ1) is 8.61. The van der Waals surface area contributed by atoms with Gasteiger partial charge in [0.2, 0.25) is 5.88 Å². The molecule has 1 heterocycles. The van der Waals surface area contributed by atoms with E-state index < -0.39 is 5.82 Å². The first kappa shape index (κ1) is 11.9. The third kappa shape index (κ3) is 2.23. The summed E-state index contributed by atoms with van der Waals surface area (Å²) in [4.78, 5) is 3.94. The number of nitrogens with zero attached hydrogens (tertiary/aromatic N) is 2. The third-order valence-electron chi connectivity index (χ3n) is 2.44. The monoisotopic (exact) mass is 243 g/mol. The number of aromatic nitrogens is 1. The average molecular weight is 243 g/mol. The predicted octanol–water partition coefficient (Wildman–Crippen LogP) is 2.78. The maximum Gasteiger partial charge on any atom is 0.243 e. The molecule has 0 fully saturated rings. The fraction of sp³-hybridized carbons (Fsp3) is 0.0769. The Hall–Kier alpha value is -2.61. The van der Waals surface area contributed by atoms with E-state index in [4.69, 9.17) is 15.7 Å². The smallest absolute Gasteiger partial charge is 0.243 e. The van der Waals surface area contributed by atoms with Gasteiger partial charge in [-0.1, -0.05) is 0 Å². The molecular weight excluding hydrogens is 233 g/mol. The molecule has 0 spiro atoms. The highest BCUT2D eigenvalue weighted by Gasteiger charge is 2.10. The molecule has 0 saturated carbocycles. The van der Waals surface area contributed by atoms with Crippen molar-refractivity contribution in [2.24, 2.45) is 0 Å². The molecule has 0 unspecified atom stereocenters. The highest BCUT2D eigenvalue weighted by atomic mass is 19.1. The molecule has 0 aliphatic carbocycles. The second kappa shape index (κ2) is 4.72. The number of anilines is 1. The van der Waals surface area contributed by atoms with Crippen molar-refractivity contribution >= 4 is 5.69 Å². The minimum absolute atomic E-state index is 0.0150. The van der Waals surface area contributed by atoms with Crippen LogP contribution in [-0.2, 0) is 0 Å². The zero-order chi connectivity index (χ0) is 13.1. The molecule has 5 heteroatoms. The van der Waals surface area contributed by atoms with Crippen LogP contribution in [0.2, 0.25) is 0 Å². The van der Waals surface area contributed by atoms with E-state index in [0.717, 1.165) is 11.6 Å². The number of pyridine rings is 1. The largest absolute Gasteiger partial charge is 0.434 e. The number of hydrogen-bond donors (Lipinski definition) is 1. The van der Waals surface area contributed by atoms with Crippen LogP contribution in [0.5, 0.6) is 11.6 Å². The van der Waals surface area contributed by atoms with E-state index >= 15 is 0 Å². The van der Waals surface area contributed by atoms with E-state index in [1.165, 1.54) is 18.3 Å². The molecule has 0 radical (unpaired) electrons. The lowest BCUT2D eigenvalue weighted by Crippen LogP contribution is -1.98. The summed E-state index contributed by atoms with van der Waals surface area (Å²) < 4.78 is 18.9. The maximum absolute atomic E-state index is 13.6. The molecule has 1 aromatic carbocycles. The summed E-state index contributed by atoms with van der Waals surface area (Å²) in [5.74, 6) is -0.492. The number of hydrogen-bond acceptors (Lipinski definition) is 4. The van der Waals surface area contributed by atoms with Crippen molar-refractivity contribution in [1.82, 2.24) is 4.98 Å². The second-order valence-electron chi connectivity index (χ2n) is 3.71. The Balaban J connectivity index is 2.35. The second-order valence-corrected chi connectivity index (χ2v) is 3.71. The van der Waals surface area contributed by atoms with Gasteiger partial charge >= 0.3 is 0 Å². The van der Waals surface area contributed by atoms with Crippen molar-refractivity contribution in [2.75, 3.05) is 5.73 Å². The Labute approximate surface area is 103 Å². The van der Waals surface area contributed by atoms with Crippen LogP contribution in [0, 0.1) is 24.1 Å². The molecule has 1 aromatic heterocycles. The van der Waals surface area contributed by atoms with Gasteiger partial charge in [-0.2, -0.15) is 5.26 Å². The number of nitriles is 1. The van der Waals surface area contributed by atoms with Crippen molar-refractivity contribution in [2.45, 2.75) is 6.92 Å². The summed E-state index contributed by atoms with van der Waals surface area (Å²) in [6, 6.07) is 7.51. The Morgan fingerprint density at radius 2 is 2.17 bits per heavy atom. The summed E-state index contributed by atoms with van der Waals surface area (Å²) in [5.41, 5.74) is 7.16. The van der Waals surface area contributed by atoms with Gasteiger partial charge in [0.15, 0.2) is 11.6 Å². The molecule has 0 amide bonds. The number of nitrogen functional groups attached to an aromatic ring is 1. The van der Waals surface area contributed by atoms with E-state index in [2.05, 4.69) is 4.98 Å². The van der Waals surface area contributed by atoms with Crippen LogP contribution in [0.4, 0.5) is 10.1 Å². The van der Waals surface area contributed by atoms with Crippen LogP contribution in [-0.4, -0.2) is 4.98 Å². The quantitative estimate of drug-likeness (QED) is 0.880. The van der Waals surface area contributed by atoms with Gasteiger partial charge in [-0.25, -0.2) is 9.37 Å². The summed E-state index contributed by atoms with van der Waals surface area (Å²) >= 11 is 0. The van der Waals surface area contributed by atoms with Crippen molar-refractivity contribution in [3.63, 3.8) is 0 Å². The van der Waals surface area contributed by atoms with Crippen molar-refractivity contribution in [3.8, 4) is 17.7 Å². The highest BCUT2D eigenvalue weighted by molar-refractivity contribution is 5.55. The zero-order valence-corrected chi connectivity index (χ0v) is 9.64. The van der Waals surface area contributed by atoms with E-state index in [9.17, 15) is 4.39 Å². The first-order valence-electron chi connectivity index (χ1n) is 5.20. The first-order valence-corrected chi connectivity index (χ1v) is 5.20. The Morgan fingerprint density at radius 1 is 1.39 bits per heavy atom. The molecule has 0 bridgehead atoms. The third-order valence-corrected chi connectivity index (χ3v) is 2.44. The van der Waals surface area contributed by atoms with E-state index in [1.54, 1.807) is 13.0 Å². The minimum Gasteiger partial charge on any atom is -0.434 e. The number of aryl methyl sites for hydroxylation is 1. The molecule has 18 heavy (non-hydrogen) atoms. The number of benzene rings is 1. The molecule has 2 N–H and O–H groups in total. The summed E-state index contributed by atoms with van der Waals surface area (Å²) in [6.07, 6.45) is 1.53. The fourth-order valence-corrected chi connectivity index (χ4v) is 1.38. The molecule has 90 valence electrons. The van der Waals surface area contributed by atoms with E-state index in [1.807, 2.05) is 6.07 Å². The number of ether oxygens (including phenoxy) is 1. The van der Waals surface area contributed by atoms with Gasteiger partial charge in [-0.15, -0.1) is 0 Å². The number of nitrogens with two attached hydrogens (primary N) is 1. The molecule has 0 aliphatic rings. The summed E-state index contributed by atoms with van der Waals surface area (Å²) in [5, 5.41) is 8.63. The Morgan fingerprint density at radius 3 is 2.83 bits per heavy atom. The normalized spacial score (nSPS) is 9.83. The Kier molecular flexibility index (Phi) is 3.11. The SMILES string of the molecule is Cc1ccnc(Oc2ccc(C#N)cc2F)c1N. The molecular formula is C13H10FN3O.